The minimum atomic E-state index is -0.948. The van der Waals surface area contributed by atoms with Gasteiger partial charge in [0.25, 0.3) is 5.89 Å². The molecule has 4 rings (SSSR count). The van der Waals surface area contributed by atoms with E-state index in [4.69, 9.17) is 4.52 Å². The predicted molar refractivity (Wildman–Crippen MR) is 80.5 cm³/mol. The van der Waals surface area contributed by atoms with Crippen LogP contribution in [0.3, 0.4) is 0 Å². The minimum Gasteiger partial charge on any atom is -0.380 e. The van der Waals surface area contributed by atoms with E-state index in [-0.39, 0.29) is 5.89 Å². The van der Waals surface area contributed by atoms with E-state index in [1.165, 1.54) is 0 Å². The van der Waals surface area contributed by atoms with Crippen LogP contribution in [0, 0.1) is 0 Å². The van der Waals surface area contributed by atoms with E-state index >= 15 is 0 Å². The van der Waals surface area contributed by atoms with Crippen LogP contribution in [0.25, 0.3) is 22.3 Å². The van der Waals surface area contributed by atoms with Crippen molar-refractivity contribution in [2.24, 2.45) is 0 Å². The van der Waals surface area contributed by atoms with Gasteiger partial charge in [-0.1, -0.05) is 33.2 Å². The zero-order valence-corrected chi connectivity index (χ0v) is 12.7. The van der Waals surface area contributed by atoms with Crippen LogP contribution in [0.1, 0.15) is 25.2 Å². The smallest absolute Gasteiger partial charge is 0.258 e. The molecule has 0 aliphatic heterocycles. The van der Waals surface area contributed by atoms with Crippen LogP contribution in [0.15, 0.2) is 39.5 Å². The fourth-order valence-electron chi connectivity index (χ4n) is 2.58. The Hall–Kier alpha value is -1.79. The second-order valence-corrected chi connectivity index (χ2v) is 6.16. The van der Waals surface area contributed by atoms with Crippen molar-refractivity contribution in [3.63, 3.8) is 0 Å². The second kappa shape index (κ2) is 4.61. The quantitative estimate of drug-likeness (QED) is 0.770. The lowest BCUT2D eigenvalue weighted by Gasteiger charge is -2.32. The lowest BCUT2D eigenvalue weighted by molar-refractivity contribution is -0.0646. The first-order valence-corrected chi connectivity index (χ1v) is 7.57. The highest BCUT2D eigenvalue weighted by Crippen LogP contribution is 2.40. The number of nitrogens with zero attached hydrogens (tertiary/aromatic N) is 3. The van der Waals surface area contributed by atoms with Crippen LogP contribution < -0.4 is 0 Å². The molecule has 1 N–H and O–H groups in total. The summed E-state index contributed by atoms with van der Waals surface area (Å²) in [7, 11) is 0. The monoisotopic (exact) mass is 345 g/mol. The summed E-state index contributed by atoms with van der Waals surface area (Å²) in [6.07, 6.45) is 4.04. The zero-order chi connectivity index (χ0) is 14.4. The van der Waals surface area contributed by atoms with E-state index < -0.39 is 5.60 Å². The molecule has 0 spiro atoms. The van der Waals surface area contributed by atoms with Crippen molar-refractivity contribution in [3.8, 4) is 11.5 Å². The van der Waals surface area contributed by atoms with Crippen molar-refractivity contribution in [1.82, 2.24) is 15.1 Å². The van der Waals surface area contributed by atoms with Gasteiger partial charge in [-0.05, 0) is 36.8 Å². The third-order valence-corrected chi connectivity index (χ3v) is 4.66. The van der Waals surface area contributed by atoms with E-state index in [1.54, 1.807) is 6.20 Å². The number of benzene rings is 1. The highest BCUT2D eigenvalue weighted by atomic mass is 79.9. The zero-order valence-electron chi connectivity index (χ0n) is 11.1. The Bertz CT molecular complexity index is 827. The average Bonchev–Trinajstić information content (AvgIpc) is 2.95. The van der Waals surface area contributed by atoms with Gasteiger partial charge in [-0.2, -0.15) is 4.98 Å². The van der Waals surface area contributed by atoms with Gasteiger partial charge in [0.1, 0.15) is 11.3 Å². The molecule has 1 aliphatic carbocycles. The maximum Gasteiger partial charge on any atom is 0.258 e. The van der Waals surface area contributed by atoms with Crippen molar-refractivity contribution < 1.29 is 9.63 Å². The first-order chi connectivity index (χ1) is 10.2. The Kier molecular flexibility index (Phi) is 2.83. The molecule has 0 radical (unpaired) electrons. The van der Waals surface area contributed by atoms with Crippen LogP contribution in [-0.4, -0.2) is 20.2 Å². The molecule has 106 valence electrons. The first-order valence-electron chi connectivity index (χ1n) is 6.78. The number of aromatic nitrogens is 3. The minimum absolute atomic E-state index is 0.289. The molecule has 0 unspecified atom stereocenters. The van der Waals surface area contributed by atoms with Gasteiger partial charge in [0, 0.05) is 16.1 Å². The molecule has 2 aromatic heterocycles. The number of aliphatic hydroxyl groups is 1. The van der Waals surface area contributed by atoms with Crippen LogP contribution in [0.4, 0.5) is 0 Å². The van der Waals surface area contributed by atoms with E-state index in [9.17, 15) is 5.11 Å². The Labute approximate surface area is 129 Å². The topological polar surface area (TPSA) is 72.0 Å². The highest BCUT2D eigenvalue weighted by molar-refractivity contribution is 9.10. The number of hydrogen-bond acceptors (Lipinski definition) is 5. The molecule has 0 saturated heterocycles. The van der Waals surface area contributed by atoms with Crippen molar-refractivity contribution in [1.29, 1.82) is 0 Å². The van der Waals surface area contributed by atoms with E-state index in [1.807, 2.05) is 24.3 Å². The van der Waals surface area contributed by atoms with Gasteiger partial charge in [-0.15, -0.1) is 0 Å². The maximum atomic E-state index is 10.3. The number of pyridine rings is 1. The van der Waals surface area contributed by atoms with Crippen LogP contribution in [0.5, 0.6) is 0 Å². The van der Waals surface area contributed by atoms with E-state index in [0.29, 0.717) is 24.4 Å². The number of halogens is 1. The summed E-state index contributed by atoms with van der Waals surface area (Å²) in [5.74, 6) is 0.701. The summed E-state index contributed by atoms with van der Waals surface area (Å²) in [5.41, 5.74) is -0.289. The number of fused-ring (bicyclic) bond motifs is 1. The van der Waals surface area contributed by atoms with Crippen LogP contribution in [-0.2, 0) is 5.60 Å². The molecule has 3 aromatic rings. The third-order valence-electron chi connectivity index (χ3n) is 3.97. The van der Waals surface area contributed by atoms with E-state index in [2.05, 4.69) is 31.1 Å². The molecule has 1 fully saturated rings. The fourth-order valence-corrected chi connectivity index (χ4v) is 3.08. The Morgan fingerprint density at radius 1 is 1.19 bits per heavy atom. The summed E-state index contributed by atoms with van der Waals surface area (Å²) < 4.78 is 6.23. The molecule has 2 heterocycles. The molecule has 1 saturated carbocycles. The summed E-state index contributed by atoms with van der Waals surface area (Å²) >= 11 is 3.53. The number of rotatable bonds is 2. The summed E-state index contributed by atoms with van der Waals surface area (Å²) in [5, 5.41) is 16.2. The van der Waals surface area contributed by atoms with E-state index in [0.717, 1.165) is 21.7 Å². The van der Waals surface area contributed by atoms with Gasteiger partial charge >= 0.3 is 0 Å². The van der Waals surface area contributed by atoms with Gasteiger partial charge in [-0.25, -0.2) is 0 Å². The molecular weight excluding hydrogens is 334 g/mol. The van der Waals surface area contributed by atoms with Crippen LogP contribution in [0.2, 0.25) is 0 Å². The largest absolute Gasteiger partial charge is 0.380 e. The maximum absolute atomic E-state index is 10.3. The average molecular weight is 346 g/mol. The lowest BCUT2D eigenvalue weighted by atomic mass is 9.80. The normalized spacial score (nSPS) is 16.9. The van der Waals surface area contributed by atoms with Gasteiger partial charge in [0.15, 0.2) is 0 Å². The molecule has 6 heteroatoms. The molecule has 0 amide bonds. The van der Waals surface area contributed by atoms with Gasteiger partial charge < -0.3 is 9.63 Å². The predicted octanol–water partition coefficient (Wildman–Crippen LogP) is 3.42. The summed E-state index contributed by atoms with van der Waals surface area (Å²) in [6.45, 7) is 0. The fraction of sp³-hybridized carbons (Fsp3) is 0.267. The summed E-state index contributed by atoms with van der Waals surface area (Å²) in [6, 6.07) is 7.82. The van der Waals surface area contributed by atoms with Crippen molar-refractivity contribution in [2.45, 2.75) is 24.9 Å². The van der Waals surface area contributed by atoms with Crippen molar-refractivity contribution in [3.05, 3.63) is 40.8 Å². The van der Waals surface area contributed by atoms with Gasteiger partial charge in [-0.3, -0.25) is 4.98 Å². The molecule has 5 nitrogen and oxygen atoms in total. The van der Waals surface area contributed by atoms with Crippen LogP contribution >= 0.6 is 15.9 Å². The third kappa shape index (κ3) is 1.98. The van der Waals surface area contributed by atoms with Crippen molar-refractivity contribution >= 4 is 26.7 Å². The summed E-state index contributed by atoms with van der Waals surface area (Å²) in [4.78, 5) is 8.72. The lowest BCUT2D eigenvalue weighted by Crippen LogP contribution is -2.33. The first kappa shape index (κ1) is 12.9. The Morgan fingerprint density at radius 3 is 2.81 bits per heavy atom. The highest BCUT2D eigenvalue weighted by Gasteiger charge is 2.42. The molecular formula is C15H12BrN3O2. The van der Waals surface area contributed by atoms with Gasteiger partial charge in [0.05, 0.1) is 0 Å². The molecule has 1 aliphatic rings. The molecule has 1 aromatic carbocycles. The Morgan fingerprint density at radius 2 is 2.05 bits per heavy atom. The molecule has 0 atom stereocenters. The second-order valence-electron chi connectivity index (χ2n) is 5.30. The molecule has 0 bridgehead atoms. The van der Waals surface area contributed by atoms with Gasteiger partial charge in [0.2, 0.25) is 5.82 Å². The Balaban J connectivity index is 1.85. The van der Waals surface area contributed by atoms with Crippen molar-refractivity contribution in [2.75, 3.05) is 0 Å². The molecule has 21 heavy (non-hydrogen) atoms. The SMILES string of the molecule is OC1(c2nc(-c3nccc4c(Br)cccc34)no2)CCC1. The number of hydrogen-bond donors (Lipinski definition) is 1. The standard InChI is InChI=1S/C15H12BrN3O2/c16-11-4-1-3-10-9(11)5-8-17-12(10)13-18-14(21-19-13)15(20)6-2-7-15/h1,3-5,8,20H,2,6-7H2.